The van der Waals surface area contributed by atoms with Crippen molar-refractivity contribution in [3.63, 3.8) is 0 Å². The van der Waals surface area contributed by atoms with Crippen LogP contribution in [0.5, 0.6) is 0 Å². The van der Waals surface area contributed by atoms with Crippen LogP contribution in [0.2, 0.25) is 0 Å². The lowest BCUT2D eigenvalue weighted by Crippen LogP contribution is -2.19. The Kier molecular flexibility index (Phi) is 3.42. The Bertz CT molecular complexity index is 486. The van der Waals surface area contributed by atoms with Crippen molar-refractivity contribution in [2.45, 2.75) is 19.4 Å². The third-order valence-electron chi connectivity index (χ3n) is 3.51. The molecule has 0 aliphatic carbocycles. The fourth-order valence-electron chi connectivity index (χ4n) is 2.45. The Hall–Kier alpha value is -1.61. The third-order valence-corrected chi connectivity index (χ3v) is 3.51. The normalized spacial score (nSPS) is 16.9. The van der Waals surface area contributed by atoms with Gasteiger partial charge in [0.1, 0.15) is 0 Å². The molecule has 1 fully saturated rings. The molecule has 3 rings (SSSR count). The van der Waals surface area contributed by atoms with Crippen molar-refractivity contribution >= 4 is 0 Å². The second-order valence-corrected chi connectivity index (χ2v) is 4.88. The summed E-state index contributed by atoms with van der Waals surface area (Å²) in [5, 5.41) is 0. The van der Waals surface area contributed by atoms with E-state index in [0.29, 0.717) is 0 Å². The Morgan fingerprint density at radius 3 is 2.72 bits per heavy atom. The van der Waals surface area contributed by atoms with Crippen LogP contribution in [-0.4, -0.2) is 22.8 Å². The second-order valence-electron chi connectivity index (χ2n) is 4.88. The molecule has 2 aromatic rings. The van der Waals surface area contributed by atoms with Crippen molar-refractivity contribution in [2.75, 3.05) is 13.2 Å². The summed E-state index contributed by atoms with van der Waals surface area (Å²) in [6, 6.07) is 10.3. The van der Waals surface area contributed by atoms with E-state index >= 15 is 0 Å². The van der Waals surface area contributed by atoms with Gasteiger partial charge < -0.3 is 9.30 Å². The van der Waals surface area contributed by atoms with Crippen molar-refractivity contribution in [3.8, 4) is 11.3 Å². The molecule has 0 spiro atoms. The van der Waals surface area contributed by atoms with E-state index in [-0.39, 0.29) is 0 Å². The van der Waals surface area contributed by atoms with Crippen LogP contribution < -0.4 is 0 Å². The summed E-state index contributed by atoms with van der Waals surface area (Å²) in [6.07, 6.45) is 6.42. The summed E-state index contributed by atoms with van der Waals surface area (Å²) < 4.78 is 7.59. The molecule has 94 valence electrons. The van der Waals surface area contributed by atoms with Crippen molar-refractivity contribution in [1.29, 1.82) is 0 Å². The van der Waals surface area contributed by atoms with Crippen LogP contribution in [-0.2, 0) is 11.3 Å². The highest BCUT2D eigenvalue weighted by atomic mass is 16.5. The maximum atomic E-state index is 5.39. The third kappa shape index (κ3) is 2.62. The van der Waals surface area contributed by atoms with E-state index in [9.17, 15) is 0 Å². The topological polar surface area (TPSA) is 27.1 Å². The summed E-state index contributed by atoms with van der Waals surface area (Å²) in [5.41, 5.74) is 2.24. The van der Waals surface area contributed by atoms with Crippen molar-refractivity contribution in [3.05, 3.63) is 42.9 Å². The van der Waals surface area contributed by atoms with Gasteiger partial charge in [-0.15, -0.1) is 0 Å². The highest BCUT2D eigenvalue weighted by Gasteiger charge is 2.14. The SMILES string of the molecule is c1ccc(-c2cn(CC3CCOCC3)cn2)cc1. The first-order chi connectivity index (χ1) is 8.92. The fourth-order valence-corrected chi connectivity index (χ4v) is 2.45. The molecule has 3 nitrogen and oxygen atoms in total. The molecule has 1 aliphatic heterocycles. The number of imidazole rings is 1. The Morgan fingerprint density at radius 1 is 1.17 bits per heavy atom. The molecule has 18 heavy (non-hydrogen) atoms. The van der Waals surface area contributed by atoms with Gasteiger partial charge in [-0.3, -0.25) is 0 Å². The maximum Gasteiger partial charge on any atom is 0.0953 e. The van der Waals surface area contributed by atoms with Gasteiger partial charge in [-0.05, 0) is 18.8 Å². The van der Waals surface area contributed by atoms with E-state index in [4.69, 9.17) is 4.74 Å². The van der Waals surface area contributed by atoms with Gasteiger partial charge in [-0.1, -0.05) is 30.3 Å². The molecule has 0 radical (unpaired) electrons. The minimum Gasteiger partial charge on any atom is -0.381 e. The predicted molar refractivity (Wildman–Crippen MR) is 71.2 cm³/mol. The van der Waals surface area contributed by atoms with Gasteiger partial charge in [0.05, 0.1) is 12.0 Å². The zero-order valence-corrected chi connectivity index (χ0v) is 10.5. The Balaban J connectivity index is 1.69. The maximum absolute atomic E-state index is 5.39. The van der Waals surface area contributed by atoms with Crippen LogP contribution in [0.3, 0.4) is 0 Å². The van der Waals surface area contributed by atoms with E-state index < -0.39 is 0 Å². The number of benzene rings is 1. The number of ether oxygens (including phenoxy) is 1. The molecule has 0 atom stereocenters. The zero-order valence-electron chi connectivity index (χ0n) is 10.5. The van der Waals surface area contributed by atoms with Gasteiger partial charge in [0.25, 0.3) is 0 Å². The van der Waals surface area contributed by atoms with Crippen LogP contribution in [0.4, 0.5) is 0 Å². The smallest absolute Gasteiger partial charge is 0.0953 e. The first kappa shape index (κ1) is 11.5. The highest BCUT2D eigenvalue weighted by Crippen LogP contribution is 2.20. The molecule has 3 heteroatoms. The average molecular weight is 242 g/mol. The van der Waals surface area contributed by atoms with E-state index in [1.807, 2.05) is 24.5 Å². The van der Waals surface area contributed by atoms with Gasteiger partial charge in [0.2, 0.25) is 0 Å². The molecule has 1 aromatic carbocycles. The standard InChI is InChI=1S/C15H18N2O/c1-2-4-14(5-3-1)15-11-17(12-16-15)10-13-6-8-18-9-7-13/h1-5,11-13H,6-10H2. The summed E-state index contributed by atoms with van der Waals surface area (Å²) in [7, 11) is 0. The minimum atomic E-state index is 0.733. The average Bonchev–Trinajstić information content (AvgIpc) is 2.89. The number of nitrogens with zero attached hydrogens (tertiary/aromatic N) is 2. The lowest BCUT2D eigenvalue weighted by molar-refractivity contribution is 0.0612. The predicted octanol–water partition coefficient (Wildman–Crippen LogP) is 2.98. The number of hydrogen-bond donors (Lipinski definition) is 0. The van der Waals surface area contributed by atoms with E-state index in [0.717, 1.165) is 31.4 Å². The molecule has 1 aromatic heterocycles. The molecule has 0 unspecified atom stereocenters. The van der Waals surface area contributed by atoms with Crippen LogP contribution >= 0.6 is 0 Å². The van der Waals surface area contributed by atoms with Crippen LogP contribution in [0.25, 0.3) is 11.3 Å². The number of rotatable bonds is 3. The molecule has 0 saturated carbocycles. The lowest BCUT2D eigenvalue weighted by atomic mass is 10.0. The minimum absolute atomic E-state index is 0.733. The number of hydrogen-bond acceptors (Lipinski definition) is 2. The van der Waals surface area contributed by atoms with Gasteiger partial charge in [-0.25, -0.2) is 4.98 Å². The molecular formula is C15H18N2O. The van der Waals surface area contributed by atoms with Gasteiger partial charge in [0, 0.05) is 31.5 Å². The lowest BCUT2D eigenvalue weighted by Gasteiger charge is -2.21. The second kappa shape index (κ2) is 5.36. The molecule has 0 N–H and O–H groups in total. The molecule has 2 heterocycles. The first-order valence-corrected chi connectivity index (χ1v) is 6.57. The van der Waals surface area contributed by atoms with E-state index in [2.05, 4.69) is 27.9 Å². The fraction of sp³-hybridized carbons (Fsp3) is 0.400. The zero-order chi connectivity index (χ0) is 12.2. The van der Waals surface area contributed by atoms with Crippen molar-refractivity contribution in [1.82, 2.24) is 9.55 Å². The Labute approximate surface area is 107 Å². The number of aromatic nitrogens is 2. The first-order valence-electron chi connectivity index (χ1n) is 6.57. The van der Waals surface area contributed by atoms with E-state index in [1.54, 1.807) is 0 Å². The molecule has 0 amide bonds. The van der Waals surface area contributed by atoms with E-state index in [1.165, 1.54) is 18.4 Å². The quantitative estimate of drug-likeness (QED) is 0.827. The van der Waals surface area contributed by atoms with Gasteiger partial charge >= 0.3 is 0 Å². The summed E-state index contributed by atoms with van der Waals surface area (Å²) >= 11 is 0. The summed E-state index contributed by atoms with van der Waals surface area (Å²) in [4.78, 5) is 4.48. The van der Waals surface area contributed by atoms with Crippen molar-refractivity contribution < 1.29 is 4.74 Å². The van der Waals surface area contributed by atoms with Crippen LogP contribution in [0.15, 0.2) is 42.9 Å². The summed E-state index contributed by atoms with van der Waals surface area (Å²) in [6.45, 7) is 2.87. The largest absolute Gasteiger partial charge is 0.381 e. The molecular weight excluding hydrogens is 224 g/mol. The van der Waals surface area contributed by atoms with Gasteiger partial charge in [0.15, 0.2) is 0 Å². The van der Waals surface area contributed by atoms with Crippen LogP contribution in [0, 0.1) is 5.92 Å². The molecule has 1 saturated heterocycles. The molecule has 1 aliphatic rings. The summed E-state index contributed by atoms with van der Waals surface area (Å²) in [5.74, 6) is 0.733. The molecule has 0 bridgehead atoms. The monoisotopic (exact) mass is 242 g/mol. The highest BCUT2D eigenvalue weighted by molar-refractivity contribution is 5.57. The Morgan fingerprint density at radius 2 is 1.94 bits per heavy atom. The van der Waals surface area contributed by atoms with Crippen LogP contribution in [0.1, 0.15) is 12.8 Å². The van der Waals surface area contributed by atoms with Crippen molar-refractivity contribution in [2.24, 2.45) is 5.92 Å². The van der Waals surface area contributed by atoms with Gasteiger partial charge in [-0.2, -0.15) is 0 Å².